The van der Waals surface area contributed by atoms with Crippen LogP contribution in [-0.2, 0) is 11.3 Å². The van der Waals surface area contributed by atoms with Gasteiger partial charge >= 0.3 is 0 Å². The smallest absolute Gasteiger partial charge is 0.247 e. The quantitative estimate of drug-likeness (QED) is 0.778. The third-order valence-corrected chi connectivity index (χ3v) is 7.21. The van der Waals surface area contributed by atoms with Gasteiger partial charge in [0.05, 0.1) is 12.8 Å². The van der Waals surface area contributed by atoms with Gasteiger partial charge in [0.25, 0.3) is 0 Å². The fourth-order valence-corrected chi connectivity index (χ4v) is 5.99. The highest BCUT2D eigenvalue weighted by Gasteiger charge is 2.65. The summed E-state index contributed by atoms with van der Waals surface area (Å²) >= 11 is 0. The molecule has 1 amide bonds. The molecule has 5 rings (SSSR count). The number of anilines is 1. The summed E-state index contributed by atoms with van der Waals surface area (Å²) < 4.78 is 7.46. The summed E-state index contributed by atoms with van der Waals surface area (Å²) in [6, 6.07) is 8.20. The summed E-state index contributed by atoms with van der Waals surface area (Å²) in [6.07, 6.45) is 6.39. The molecule has 1 spiro atoms. The van der Waals surface area contributed by atoms with Gasteiger partial charge in [0, 0.05) is 48.6 Å². The average molecular weight is 395 g/mol. The van der Waals surface area contributed by atoms with E-state index in [4.69, 9.17) is 9.84 Å². The SMILES string of the molecule is CCCn1cc([C@@H]2C[C@H]3CN(c4cccc(OC)c4)C(=O)[C@]34CCCN24)c(C)n1. The van der Waals surface area contributed by atoms with Crippen molar-refractivity contribution >= 4 is 11.6 Å². The number of methoxy groups -OCH3 is 1. The molecule has 2 aromatic rings. The summed E-state index contributed by atoms with van der Waals surface area (Å²) in [5.41, 5.74) is 3.04. The molecule has 0 unspecified atom stereocenters. The molecule has 3 aliphatic rings. The van der Waals surface area contributed by atoms with Crippen LogP contribution in [0.5, 0.6) is 5.75 Å². The Morgan fingerprint density at radius 2 is 2.21 bits per heavy atom. The number of carbonyl (C=O) groups is 1. The number of benzene rings is 1. The minimum Gasteiger partial charge on any atom is -0.497 e. The molecule has 3 aliphatic heterocycles. The van der Waals surface area contributed by atoms with Gasteiger partial charge in [-0.3, -0.25) is 14.4 Å². The summed E-state index contributed by atoms with van der Waals surface area (Å²) in [5, 5.41) is 4.73. The van der Waals surface area contributed by atoms with Crippen LogP contribution in [0.2, 0.25) is 0 Å². The van der Waals surface area contributed by atoms with E-state index in [1.807, 2.05) is 29.2 Å². The lowest BCUT2D eigenvalue weighted by Crippen LogP contribution is -2.49. The lowest BCUT2D eigenvalue weighted by atomic mass is 9.85. The fourth-order valence-electron chi connectivity index (χ4n) is 5.99. The van der Waals surface area contributed by atoms with Gasteiger partial charge < -0.3 is 9.64 Å². The zero-order valence-electron chi connectivity index (χ0n) is 17.6. The number of ether oxygens (including phenoxy) is 1. The second-order valence-corrected chi connectivity index (χ2v) is 8.72. The molecule has 6 nitrogen and oxygen atoms in total. The first-order valence-electron chi connectivity index (χ1n) is 10.8. The number of nitrogens with zero attached hydrogens (tertiary/aromatic N) is 4. The Balaban J connectivity index is 1.47. The molecular weight excluding hydrogens is 364 g/mol. The van der Waals surface area contributed by atoms with Crippen LogP contribution in [-0.4, -0.2) is 46.3 Å². The number of rotatable bonds is 5. The van der Waals surface area contributed by atoms with Crippen molar-refractivity contribution in [3.05, 3.63) is 41.7 Å². The van der Waals surface area contributed by atoms with Crippen LogP contribution in [0, 0.1) is 12.8 Å². The molecule has 3 atom stereocenters. The van der Waals surface area contributed by atoms with Crippen molar-refractivity contribution in [3.63, 3.8) is 0 Å². The Morgan fingerprint density at radius 1 is 1.34 bits per heavy atom. The number of aromatic nitrogens is 2. The Labute approximate surface area is 172 Å². The largest absolute Gasteiger partial charge is 0.497 e. The fraction of sp³-hybridized carbons (Fsp3) is 0.565. The molecule has 1 aromatic heterocycles. The Bertz CT molecular complexity index is 939. The maximum absolute atomic E-state index is 13.8. The van der Waals surface area contributed by atoms with Gasteiger partial charge in [0.2, 0.25) is 5.91 Å². The molecule has 0 aliphatic carbocycles. The van der Waals surface area contributed by atoms with Crippen molar-refractivity contribution in [1.29, 1.82) is 0 Å². The lowest BCUT2D eigenvalue weighted by Gasteiger charge is -2.33. The summed E-state index contributed by atoms with van der Waals surface area (Å²) in [7, 11) is 1.67. The first kappa shape index (κ1) is 18.7. The number of carbonyl (C=O) groups excluding carboxylic acids is 1. The van der Waals surface area contributed by atoms with E-state index in [1.165, 1.54) is 5.56 Å². The van der Waals surface area contributed by atoms with E-state index in [0.717, 1.165) is 62.4 Å². The predicted octanol–water partition coefficient (Wildman–Crippen LogP) is 3.55. The van der Waals surface area contributed by atoms with E-state index in [9.17, 15) is 4.79 Å². The van der Waals surface area contributed by atoms with E-state index >= 15 is 0 Å². The second kappa shape index (κ2) is 6.87. The van der Waals surface area contributed by atoms with Crippen LogP contribution in [0.4, 0.5) is 5.69 Å². The maximum atomic E-state index is 13.8. The number of amides is 1. The minimum absolute atomic E-state index is 0.273. The highest BCUT2D eigenvalue weighted by molar-refractivity contribution is 6.04. The molecule has 4 heterocycles. The molecule has 154 valence electrons. The second-order valence-electron chi connectivity index (χ2n) is 8.72. The molecule has 0 saturated carbocycles. The van der Waals surface area contributed by atoms with E-state index in [2.05, 4.69) is 29.6 Å². The van der Waals surface area contributed by atoms with Gasteiger partial charge in [-0.2, -0.15) is 5.10 Å². The Hall–Kier alpha value is -2.34. The van der Waals surface area contributed by atoms with Crippen molar-refractivity contribution in [2.24, 2.45) is 5.92 Å². The highest BCUT2D eigenvalue weighted by atomic mass is 16.5. The maximum Gasteiger partial charge on any atom is 0.247 e. The molecule has 3 saturated heterocycles. The number of hydrogen-bond donors (Lipinski definition) is 0. The Morgan fingerprint density at radius 3 is 3.00 bits per heavy atom. The van der Waals surface area contributed by atoms with E-state index in [-0.39, 0.29) is 11.4 Å². The molecule has 0 N–H and O–H groups in total. The predicted molar refractivity (Wildman–Crippen MR) is 112 cm³/mol. The standard InChI is InChI=1S/C23H30N4O2/c1-4-10-25-15-20(16(2)24-25)21-12-17-14-26(18-7-5-8-19(13-18)29-3)22(28)23(17)9-6-11-27(21)23/h5,7-8,13,15,17,21H,4,6,9-12,14H2,1-3H3/t17-,21-,23-/m0/s1. The summed E-state index contributed by atoms with van der Waals surface area (Å²) in [6.45, 7) is 7.03. The van der Waals surface area contributed by atoms with Crippen LogP contribution < -0.4 is 9.64 Å². The van der Waals surface area contributed by atoms with Crippen LogP contribution in [0.3, 0.4) is 0 Å². The van der Waals surface area contributed by atoms with Gasteiger partial charge in [-0.1, -0.05) is 13.0 Å². The highest BCUT2D eigenvalue weighted by Crippen LogP contribution is 2.56. The van der Waals surface area contributed by atoms with Gasteiger partial charge in [-0.05, 0) is 51.3 Å². The van der Waals surface area contributed by atoms with Crippen LogP contribution in [0.1, 0.15) is 49.9 Å². The molecule has 3 fully saturated rings. The van der Waals surface area contributed by atoms with E-state index in [0.29, 0.717) is 12.0 Å². The minimum atomic E-state index is -0.340. The van der Waals surface area contributed by atoms with Gasteiger partial charge in [0.15, 0.2) is 0 Å². The van der Waals surface area contributed by atoms with Crippen LogP contribution >= 0.6 is 0 Å². The molecule has 0 radical (unpaired) electrons. The van der Waals surface area contributed by atoms with E-state index < -0.39 is 0 Å². The Kier molecular flexibility index (Phi) is 4.42. The molecular formula is C23H30N4O2. The summed E-state index contributed by atoms with van der Waals surface area (Å²) in [5.74, 6) is 1.43. The lowest BCUT2D eigenvalue weighted by molar-refractivity contribution is -0.126. The number of aryl methyl sites for hydroxylation is 2. The van der Waals surface area contributed by atoms with Gasteiger partial charge in [0.1, 0.15) is 11.3 Å². The third-order valence-electron chi connectivity index (χ3n) is 7.21. The average Bonchev–Trinajstić information content (AvgIpc) is 3.44. The van der Waals surface area contributed by atoms with E-state index in [1.54, 1.807) is 7.11 Å². The van der Waals surface area contributed by atoms with Crippen LogP contribution in [0.25, 0.3) is 0 Å². The first-order chi connectivity index (χ1) is 14.1. The molecule has 6 heteroatoms. The molecule has 1 aromatic carbocycles. The normalized spacial score (nSPS) is 28.8. The molecule has 0 bridgehead atoms. The summed E-state index contributed by atoms with van der Waals surface area (Å²) in [4.78, 5) is 18.3. The number of hydrogen-bond acceptors (Lipinski definition) is 4. The van der Waals surface area contributed by atoms with Crippen LogP contribution in [0.15, 0.2) is 30.5 Å². The van der Waals surface area contributed by atoms with Gasteiger partial charge in [-0.25, -0.2) is 0 Å². The van der Waals surface area contributed by atoms with Gasteiger partial charge in [-0.15, -0.1) is 0 Å². The monoisotopic (exact) mass is 394 g/mol. The topological polar surface area (TPSA) is 50.6 Å². The molecule has 29 heavy (non-hydrogen) atoms. The third kappa shape index (κ3) is 2.65. The van der Waals surface area contributed by atoms with Crippen molar-refractivity contribution in [2.75, 3.05) is 25.1 Å². The zero-order valence-corrected chi connectivity index (χ0v) is 17.6. The van der Waals surface area contributed by atoms with Crippen molar-refractivity contribution in [3.8, 4) is 5.75 Å². The van der Waals surface area contributed by atoms with Crippen molar-refractivity contribution < 1.29 is 9.53 Å². The first-order valence-corrected chi connectivity index (χ1v) is 10.8. The van der Waals surface area contributed by atoms with Crippen molar-refractivity contribution in [2.45, 2.75) is 57.7 Å². The van der Waals surface area contributed by atoms with Crippen molar-refractivity contribution in [1.82, 2.24) is 14.7 Å². The zero-order chi connectivity index (χ0) is 20.2.